The first kappa shape index (κ1) is 16.4. The van der Waals surface area contributed by atoms with Crippen LogP contribution in [-0.2, 0) is 6.42 Å². The standard InChI is InChI=1S/C19H31NO/c1-14-6-7-18(21-5)16(10-14)11-17-12-19(2,3)9-8-15(17)13-20-4/h6-7,10,15,17,20H,8-9,11-13H2,1-5H3. The summed E-state index contributed by atoms with van der Waals surface area (Å²) in [6, 6.07) is 6.56. The number of hydrogen-bond acceptors (Lipinski definition) is 2. The molecule has 1 aromatic rings. The molecule has 1 saturated carbocycles. The third kappa shape index (κ3) is 4.23. The molecule has 1 aromatic carbocycles. The Labute approximate surface area is 130 Å². The number of benzene rings is 1. The number of aryl methyl sites for hydroxylation is 1. The zero-order valence-electron chi connectivity index (χ0n) is 14.3. The largest absolute Gasteiger partial charge is 0.496 e. The highest BCUT2D eigenvalue weighted by Crippen LogP contribution is 2.43. The van der Waals surface area contributed by atoms with Gasteiger partial charge in [0.2, 0.25) is 0 Å². The van der Waals surface area contributed by atoms with Gasteiger partial charge in [-0.25, -0.2) is 0 Å². The summed E-state index contributed by atoms with van der Waals surface area (Å²) in [5.41, 5.74) is 3.18. The van der Waals surface area contributed by atoms with Crippen molar-refractivity contribution in [2.75, 3.05) is 20.7 Å². The minimum atomic E-state index is 0.478. The molecule has 0 aliphatic heterocycles. The molecule has 21 heavy (non-hydrogen) atoms. The van der Waals surface area contributed by atoms with Crippen molar-refractivity contribution in [3.05, 3.63) is 29.3 Å². The zero-order chi connectivity index (χ0) is 15.5. The molecule has 1 fully saturated rings. The van der Waals surface area contributed by atoms with Crippen LogP contribution in [0, 0.1) is 24.2 Å². The Hall–Kier alpha value is -1.02. The molecule has 0 heterocycles. The van der Waals surface area contributed by atoms with Crippen LogP contribution in [0.3, 0.4) is 0 Å². The Morgan fingerprint density at radius 1 is 1.29 bits per heavy atom. The van der Waals surface area contributed by atoms with Crippen LogP contribution in [0.15, 0.2) is 18.2 Å². The van der Waals surface area contributed by atoms with Crippen LogP contribution in [0.25, 0.3) is 0 Å². The topological polar surface area (TPSA) is 21.3 Å². The molecule has 0 saturated heterocycles. The van der Waals surface area contributed by atoms with Crippen molar-refractivity contribution >= 4 is 0 Å². The van der Waals surface area contributed by atoms with Gasteiger partial charge >= 0.3 is 0 Å². The van der Waals surface area contributed by atoms with E-state index in [1.54, 1.807) is 7.11 Å². The molecule has 0 spiro atoms. The SMILES string of the molecule is CNCC1CCC(C)(C)CC1Cc1cc(C)ccc1OC. The molecule has 1 N–H and O–H groups in total. The second kappa shape index (κ2) is 6.83. The molecule has 2 atom stereocenters. The fourth-order valence-electron chi connectivity index (χ4n) is 3.91. The van der Waals surface area contributed by atoms with Gasteiger partial charge in [-0.3, -0.25) is 0 Å². The Balaban J connectivity index is 2.19. The lowest BCUT2D eigenvalue weighted by Gasteiger charge is -2.41. The molecular weight excluding hydrogens is 258 g/mol. The highest BCUT2D eigenvalue weighted by Gasteiger charge is 2.34. The third-order valence-corrected chi connectivity index (χ3v) is 5.06. The number of ether oxygens (including phenoxy) is 1. The predicted molar refractivity (Wildman–Crippen MR) is 90.0 cm³/mol. The van der Waals surface area contributed by atoms with E-state index in [1.807, 2.05) is 0 Å². The van der Waals surface area contributed by atoms with Crippen molar-refractivity contribution in [2.24, 2.45) is 17.3 Å². The van der Waals surface area contributed by atoms with E-state index in [1.165, 1.54) is 30.4 Å². The number of hydrogen-bond donors (Lipinski definition) is 1. The molecule has 0 amide bonds. The average molecular weight is 289 g/mol. The zero-order valence-corrected chi connectivity index (χ0v) is 14.3. The van der Waals surface area contributed by atoms with Crippen LogP contribution in [0.2, 0.25) is 0 Å². The first-order valence-electron chi connectivity index (χ1n) is 8.23. The van der Waals surface area contributed by atoms with E-state index in [0.717, 1.165) is 30.6 Å². The highest BCUT2D eigenvalue weighted by molar-refractivity contribution is 5.37. The molecular formula is C19H31NO. The van der Waals surface area contributed by atoms with Gasteiger partial charge in [-0.1, -0.05) is 31.5 Å². The normalized spacial score (nSPS) is 24.8. The number of nitrogens with one attached hydrogen (secondary N) is 1. The Bertz CT molecular complexity index is 467. The van der Waals surface area contributed by atoms with Crippen LogP contribution in [0.1, 0.15) is 44.2 Å². The van der Waals surface area contributed by atoms with Gasteiger partial charge in [0.1, 0.15) is 5.75 Å². The van der Waals surface area contributed by atoms with E-state index in [9.17, 15) is 0 Å². The summed E-state index contributed by atoms with van der Waals surface area (Å²) in [7, 11) is 3.86. The summed E-state index contributed by atoms with van der Waals surface area (Å²) < 4.78 is 5.57. The summed E-state index contributed by atoms with van der Waals surface area (Å²) in [5, 5.41) is 3.39. The van der Waals surface area contributed by atoms with Gasteiger partial charge in [-0.05, 0) is 75.1 Å². The van der Waals surface area contributed by atoms with Gasteiger partial charge in [0.15, 0.2) is 0 Å². The minimum absolute atomic E-state index is 0.478. The van der Waals surface area contributed by atoms with Gasteiger partial charge in [0, 0.05) is 0 Å². The Morgan fingerprint density at radius 3 is 2.71 bits per heavy atom. The van der Waals surface area contributed by atoms with E-state index >= 15 is 0 Å². The Morgan fingerprint density at radius 2 is 2.05 bits per heavy atom. The van der Waals surface area contributed by atoms with Crippen molar-refractivity contribution in [1.82, 2.24) is 5.32 Å². The summed E-state index contributed by atoms with van der Waals surface area (Å²) in [6.07, 6.45) is 5.14. The fourth-order valence-corrected chi connectivity index (χ4v) is 3.91. The molecule has 2 nitrogen and oxygen atoms in total. The van der Waals surface area contributed by atoms with E-state index in [0.29, 0.717) is 5.41 Å². The number of methoxy groups -OCH3 is 1. The van der Waals surface area contributed by atoms with Crippen molar-refractivity contribution in [3.63, 3.8) is 0 Å². The van der Waals surface area contributed by atoms with Crippen LogP contribution in [-0.4, -0.2) is 20.7 Å². The van der Waals surface area contributed by atoms with Crippen molar-refractivity contribution < 1.29 is 4.74 Å². The first-order chi connectivity index (χ1) is 9.95. The highest BCUT2D eigenvalue weighted by atomic mass is 16.5. The third-order valence-electron chi connectivity index (χ3n) is 5.06. The fraction of sp³-hybridized carbons (Fsp3) is 0.684. The van der Waals surface area contributed by atoms with Crippen LogP contribution in [0.5, 0.6) is 5.75 Å². The van der Waals surface area contributed by atoms with Crippen LogP contribution < -0.4 is 10.1 Å². The van der Waals surface area contributed by atoms with E-state index in [2.05, 4.69) is 51.3 Å². The van der Waals surface area contributed by atoms with Crippen molar-refractivity contribution in [1.29, 1.82) is 0 Å². The maximum absolute atomic E-state index is 5.57. The van der Waals surface area contributed by atoms with Gasteiger partial charge < -0.3 is 10.1 Å². The second-order valence-electron chi connectivity index (χ2n) is 7.50. The molecule has 0 radical (unpaired) electrons. The monoisotopic (exact) mass is 289 g/mol. The lowest BCUT2D eigenvalue weighted by atomic mass is 9.65. The van der Waals surface area contributed by atoms with Crippen molar-refractivity contribution in [2.45, 2.75) is 46.5 Å². The molecule has 1 aliphatic carbocycles. The predicted octanol–water partition coefficient (Wildman–Crippen LogP) is 4.21. The van der Waals surface area contributed by atoms with E-state index < -0.39 is 0 Å². The number of rotatable bonds is 5. The lowest BCUT2D eigenvalue weighted by Crippen LogP contribution is -2.36. The van der Waals surface area contributed by atoms with Gasteiger partial charge in [-0.15, -0.1) is 0 Å². The average Bonchev–Trinajstić information content (AvgIpc) is 2.42. The maximum atomic E-state index is 5.57. The molecule has 2 rings (SSSR count). The van der Waals surface area contributed by atoms with E-state index in [4.69, 9.17) is 4.74 Å². The van der Waals surface area contributed by atoms with Gasteiger partial charge in [0.25, 0.3) is 0 Å². The van der Waals surface area contributed by atoms with Crippen LogP contribution >= 0.6 is 0 Å². The summed E-state index contributed by atoms with van der Waals surface area (Å²) in [6.45, 7) is 8.14. The minimum Gasteiger partial charge on any atom is -0.496 e. The second-order valence-corrected chi connectivity index (χ2v) is 7.50. The van der Waals surface area contributed by atoms with Crippen molar-refractivity contribution in [3.8, 4) is 5.75 Å². The first-order valence-corrected chi connectivity index (χ1v) is 8.23. The summed E-state index contributed by atoms with van der Waals surface area (Å²) in [5.74, 6) is 2.58. The Kier molecular flexibility index (Phi) is 5.32. The van der Waals surface area contributed by atoms with Gasteiger partial charge in [0.05, 0.1) is 7.11 Å². The molecule has 118 valence electrons. The summed E-state index contributed by atoms with van der Waals surface area (Å²) >= 11 is 0. The summed E-state index contributed by atoms with van der Waals surface area (Å²) in [4.78, 5) is 0. The molecule has 2 unspecified atom stereocenters. The molecule has 1 aliphatic rings. The van der Waals surface area contributed by atoms with Gasteiger partial charge in [-0.2, -0.15) is 0 Å². The smallest absolute Gasteiger partial charge is 0.122 e. The van der Waals surface area contributed by atoms with E-state index in [-0.39, 0.29) is 0 Å². The van der Waals surface area contributed by atoms with Crippen LogP contribution in [0.4, 0.5) is 0 Å². The molecule has 2 heteroatoms. The molecule has 0 aromatic heterocycles. The maximum Gasteiger partial charge on any atom is 0.122 e. The lowest BCUT2D eigenvalue weighted by molar-refractivity contribution is 0.117. The molecule has 0 bridgehead atoms. The quantitative estimate of drug-likeness (QED) is 0.877.